The molecule has 80 valence electrons. The van der Waals surface area contributed by atoms with Gasteiger partial charge in [-0.05, 0) is 12.1 Å². The Labute approximate surface area is 82.0 Å². The van der Waals surface area contributed by atoms with Crippen molar-refractivity contribution in [1.29, 1.82) is 0 Å². The molecule has 0 aliphatic heterocycles. The van der Waals surface area contributed by atoms with Crippen LogP contribution >= 0.6 is 0 Å². The topological polar surface area (TPSA) is 85.9 Å². The van der Waals surface area contributed by atoms with Crippen LogP contribution in [0.25, 0.3) is 0 Å². The van der Waals surface area contributed by atoms with Gasteiger partial charge in [-0.25, -0.2) is 0 Å². The first-order valence-electron chi connectivity index (χ1n) is 4.44. The summed E-state index contributed by atoms with van der Waals surface area (Å²) in [4.78, 5) is 0. The Balaban J connectivity index is 2.24. The minimum Gasteiger partial charge on any atom is -0.462 e. The second kappa shape index (κ2) is 5.77. The van der Waals surface area contributed by atoms with Gasteiger partial charge in [-0.15, -0.1) is 0 Å². The van der Waals surface area contributed by atoms with E-state index < -0.39 is 6.10 Å². The molecule has 0 saturated carbocycles. The molecule has 0 aromatic carbocycles. The van der Waals surface area contributed by atoms with Gasteiger partial charge in [-0.1, -0.05) is 0 Å². The molecule has 0 amide bonds. The van der Waals surface area contributed by atoms with Gasteiger partial charge in [0.05, 0.1) is 19.3 Å². The van der Waals surface area contributed by atoms with Crippen LogP contribution < -0.4 is 5.32 Å². The van der Waals surface area contributed by atoms with Crippen LogP contribution in [0.3, 0.4) is 0 Å². The molecule has 0 saturated heterocycles. The van der Waals surface area contributed by atoms with Crippen LogP contribution in [0.5, 0.6) is 0 Å². The number of rotatable bonds is 6. The van der Waals surface area contributed by atoms with Crippen molar-refractivity contribution in [2.75, 3.05) is 13.2 Å². The van der Waals surface area contributed by atoms with Crippen LogP contribution in [0.1, 0.15) is 11.5 Å². The van der Waals surface area contributed by atoms with Crippen LogP contribution in [0.2, 0.25) is 0 Å². The lowest BCUT2D eigenvalue weighted by molar-refractivity contribution is 0.0937. The minimum atomic E-state index is -0.748. The molecular formula is C9H15NO4. The molecule has 1 heterocycles. The second-order valence-electron chi connectivity index (χ2n) is 2.99. The smallest absolute Gasteiger partial charge is 0.129 e. The average molecular weight is 201 g/mol. The first-order chi connectivity index (χ1) is 6.76. The maximum Gasteiger partial charge on any atom is 0.129 e. The fraction of sp³-hybridized carbons (Fsp3) is 0.556. The van der Waals surface area contributed by atoms with E-state index in [0.29, 0.717) is 24.6 Å². The van der Waals surface area contributed by atoms with Crippen LogP contribution in [-0.2, 0) is 13.2 Å². The Morgan fingerprint density at radius 2 is 2.00 bits per heavy atom. The maximum atomic E-state index is 9.00. The van der Waals surface area contributed by atoms with E-state index in [9.17, 15) is 0 Å². The second-order valence-corrected chi connectivity index (χ2v) is 2.99. The quantitative estimate of drug-likeness (QED) is 0.485. The minimum absolute atomic E-state index is 0.112. The van der Waals surface area contributed by atoms with E-state index in [0.717, 1.165) is 0 Å². The van der Waals surface area contributed by atoms with Gasteiger partial charge in [0, 0.05) is 6.54 Å². The number of hydrogen-bond acceptors (Lipinski definition) is 5. The molecule has 1 aromatic heterocycles. The highest BCUT2D eigenvalue weighted by molar-refractivity contribution is 5.05. The zero-order valence-corrected chi connectivity index (χ0v) is 7.81. The average Bonchev–Trinajstić information content (AvgIpc) is 2.65. The lowest BCUT2D eigenvalue weighted by atomic mass is 10.3. The zero-order chi connectivity index (χ0) is 10.4. The molecule has 5 heteroatoms. The molecule has 5 nitrogen and oxygen atoms in total. The van der Waals surface area contributed by atoms with Crippen molar-refractivity contribution in [1.82, 2.24) is 5.32 Å². The Hall–Kier alpha value is -0.880. The predicted molar refractivity (Wildman–Crippen MR) is 49.4 cm³/mol. The van der Waals surface area contributed by atoms with E-state index in [-0.39, 0.29) is 13.2 Å². The fourth-order valence-electron chi connectivity index (χ4n) is 1.03. The van der Waals surface area contributed by atoms with Gasteiger partial charge >= 0.3 is 0 Å². The third kappa shape index (κ3) is 3.47. The monoisotopic (exact) mass is 201 g/mol. The maximum absolute atomic E-state index is 9.00. The summed E-state index contributed by atoms with van der Waals surface area (Å²) in [7, 11) is 0. The van der Waals surface area contributed by atoms with E-state index in [1.807, 2.05) is 0 Å². The van der Waals surface area contributed by atoms with Crippen molar-refractivity contribution >= 4 is 0 Å². The van der Waals surface area contributed by atoms with Crippen molar-refractivity contribution in [3.05, 3.63) is 23.7 Å². The summed E-state index contributed by atoms with van der Waals surface area (Å²) in [5.74, 6) is 1.21. The van der Waals surface area contributed by atoms with E-state index >= 15 is 0 Å². The van der Waals surface area contributed by atoms with Crippen molar-refractivity contribution in [3.8, 4) is 0 Å². The summed E-state index contributed by atoms with van der Waals surface area (Å²) in [6.45, 7) is 0.412. The van der Waals surface area contributed by atoms with Crippen LogP contribution in [0.15, 0.2) is 16.5 Å². The van der Waals surface area contributed by atoms with Gasteiger partial charge in [-0.2, -0.15) is 0 Å². The van der Waals surface area contributed by atoms with Crippen LogP contribution in [0, 0.1) is 0 Å². The molecule has 0 aliphatic rings. The van der Waals surface area contributed by atoms with Gasteiger partial charge in [0.15, 0.2) is 0 Å². The van der Waals surface area contributed by atoms with Crippen molar-refractivity contribution in [2.24, 2.45) is 0 Å². The number of hydrogen-bond donors (Lipinski definition) is 4. The molecule has 0 radical (unpaired) electrons. The van der Waals surface area contributed by atoms with Gasteiger partial charge in [-0.3, -0.25) is 0 Å². The lowest BCUT2D eigenvalue weighted by Crippen LogP contribution is -2.28. The highest BCUT2D eigenvalue weighted by atomic mass is 16.4. The highest BCUT2D eigenvalue weighted by Gasteiger charge is 2.03. The Kier molecular flexibility index (Phi) is 4.61. The van der Waals surface area contributed by atoms with Gasteiger partial charge in [0.2, 0.25) is 0 Å². The zero-order valence-electron chi connectivity index (χ0n) is 7.81. The first kappa shape index (κ1) is 11.2. The Morgan fingerprint density at radius 3 is 2.57 bits per heavy atom. The molecular weight excluding hydrogens is 186 g/mol. The molecule has 0 unspecified atom stereocenters. The fourth-order valence-corrected chi connectivity index (χ4v) is 1.03. The summed E-state index contributed by atoms with van der Waals surface area (Å²) in [6, 6.07) is 3.45. The predicted octanol–water partition coefficient (Wildman–Crippen LogP) is -0.785. The van der Waals surface area contributed by atoms with Crippen molar-refractivity contribution < 1.29 is 19.7 Å². The number of aliphatic hydroxyl groups excluding tert-OH is 3. The molecule has 0 aliphatic carbocycles. The summed E-state index contributed by atoms with van der Waals surface area (Å²) >= 11 is 0. The van der Waals surface area contributed by atoms with Crippen molar-refractivity contribution in [2.45, 2.75) is 19.3 Å². The molecule has 0 spiro atoms. The lowest BCUT2D eigenvalue weighted by Gasteiger charge is -2.06. The van der Waals surface area contributed by atoms with Gasteiger partial charge < -0.3 is 25.1 Å². The van der Waals surface area contributed by atoms with Crippen LogP contribution in [-0.4, -0.2) is 34.6 Å². The molecule has 0 fully saturated rings. The molecule has 4 N–H and O–H groups in total. The van der Waals surface area contributed by atoms with E-state index in [4.69, 9.17) is 19.7 Å². The van der Waals surface area contributed by atoms with E-state index in [1.165, 1.54) is 0 Å². The SMILES string of the molecule is OCc1ccc(CNC[C@@H](O)CO)o1. The number of aliphatic hydroxyl groups is 3. The molecule has 0 bridgehead atoms. The normalized spacial score (nSPS) is 13.1. The number of nitrogens with one attached hydrogen (secondary N) is 1. The molecule has 14 heavy (non-hydrogen) atoms. The van der Waals surface area contributed by atoms with E-state index in [2.05, 4.69) is 5.32 Å². The van der Waals surface area contributed by atoms with Crippen molar-refractivity contribution in [3.63, 3.8) is 0 Å². The van der Waals surface area contributed by atoms with Gasteiger partial charge in [0.1, 0.15) is 18.1 Å². The highest BCUT2D eigenvalue weighted by Crippen LogP contribution is 2.06. The van der Waals surface area contributed by atoms with Gasteiger partial charge in [0.25, 0.3) is 0 Å². The van der Waals surface area contributed by atoms with E-state index in [1.54, 1.807) is 12.1 Å². The standard InChI is InChI=1S/C9H15NO4/c11-5-7(13)3-10-4-8-1-2-9(6-12)14-8/h1-2,7,10-13H,3-6H2/t7-/m1/s1. The summed E-state index contributed by atoms with van der Waals surface area (Å²) < 4.78 is 5.19. The Bertz CT molecular complexity index is 261. The third-order valence-electron chi connectivity index (χ3n) is 1.76. The summed E-state index contributed by atoms with van der Waals surface area (Å²) in [6.07, 6.45) is -0.748. The summed E-state index contributed by atoms with van der Waals surface area (Å²) in [5, 5.41) is 29.2. The molecule has 1 aromatic rings. The Morgan fingerprint density at radius 1 is 1.29 bits per heavy atom. The first-order valence-corrected chi connectivity index (χ1v) is 4.44. The third-order valence-corrected chi connectivity index (χ3v) is 1.76. The van der Waals surface area contributed by atoms with Crippen LogP contribution in [0.4, 0.5) is 0 Å². The largest absolute Gasteiger partial charge is 0.462 e. The molecule has 1 rings (SSSR count). The number of furan rings is 1. The molecule has 1 atom stereocenters. The summed E-state index contributed by atoms with van der Waals surface area (Å²) in [5.41, 5.74) is 0.